The van der Waals surface area contributed by atoms with Crippen LogP contribution in [0, 0.1) is 0 Å². The summed E-state index contributed by atoms with van der Waals surface area (Å²) in [7, 11) is 0. The maximum absolute atomic E-state index is 12.2. The summed E-state index contributed by atoms with van der Waals surface area (Å²) in [5.41, 5.74) is 6.07. The fourth-order valence-electron chi connectivity index (χ4n) is 2.63. The molecule has 2 amide bonds. The fourth-order valence-corrected chi connectivity index (χ4v) is 2.63. The first-order chi connectivity index (χ1) is 10.8. The zero-order chi connectivity index (χ0) is 17.0. The van der Waals surface area contributed by atoms with Crippen molar-refractivity contribution < 1.29 is 14.3 Å². The highest BCUT2D eigenvalue weighted by atomic mass is 16.6. The number of anilines is 1. The third-order valence-corrected chi connectivity index (χ3v) is 3.69. The van der Waals surface area contributed by atoms with Crippen LogP contribution in [0.4, 0.5) is 10.5 Å². The van der Waals surface area contributed by atoms with E-state index in [-0.39, 0.29) is 12.1 Å². The number of hydrogen-bond donors (Lipinski definition) is 2. The number of hydrogen-bond acceptors (Lipinski definition) is 4. The molecule has 1 aliphatic rings. The SMILES string of the molecule is CC(C)(C)OC(=O)N1CCCC1CNc1cccc(C(N)=O)c1. The van der Waals surface area contributed by atoms with Crippen molar-refractivity contribution in [2.75, 3.05) is 18.4 Å². The van der Waals surface area contributed by atoms with Gasteiger partial charge in [-0.15, -0.1) is 0 Å². The van der Waals surface area contributed by atoms with E-state index in [2.05, 4.69) is 5.32 Å². The summed E-state index contributed by atoms with van der Waals surface area (Å²) in [5.74, 6) is -0.454. The second-order valence-corrected chi connectivity index (χ2v) is 6.80. The van der Waals surface area contributed by atoms with E-state index < -0.39 is 11.5 Å². The van der Waals surface area contributed by atoms with Crippen molar-refractivity contribution in [1.29, 1.82) is 0 Å². The molecule has 6 nitrogen and oxygen atoms in total. The summed E-state index contributed by atoms with van der Waals surface area (Å²) in [4.78, 5) is 25.2. The molecule has 1 aliphatic heterocycles. The number of nitrogens with zero attached hydrogens (tertiary/aromatic N) is 1. The lowest BCUT2D eigenvalue weighted by Crippen LogP contribution is -2.42. The number of amides is 2. The number of carbonyl (C=O) groups is 2. The minimum atomic E-state index is -0.493. The number of carbonyl (C=O) groups excluding carboxylic acids is 2. The van der Waals surface area contributed by atoms with Gasteiger partial charge in [-0.1, -0.05) is 6.07 Å². The van der Waals surface area contributed by atoms with Crippen LogP contribution in [0.5, 0.6) is 0 Å². The van der Waals surface area contributed by atoms with Gasteiger partial charge in [0.15, 0.2) is 0 Å². The Bertz CT molecular complexity index is 581. The molecule has 1 unspecified atom stereocenters. The monoisotopic (exact) mass is 319 g/mol. The van der Waals surface area contributed by atoms with Crippen LogP contribution in [0.25, 0.3) is 0 Å². The second-order valence-electron chi connectivity index (χ2n) is 6.80. The Kier molecular flexibility index (Phi) is 5.13. The predicted molar refractivity (Wildman–Crippen MR) is 89.4 cm³/mol. The number of benzene rings is 1. The normalized spacial score (nSPS) is 17.9. The van der Waals surface area contributed by atoms with Gasteiger partial charge in [0.25, 0.3) is 0 Å². The highest BCUT2D eigenvalue weighted by molar-refractivity contribution is 5.93. The molecule has 1 aromatic rings. The third-order valence-electron chi connectivity index (χ3n) is 3.69. The van der Waals surface area contributed by atoms with Gasteiger partial charge in [-0.2, -0.15) is 0 Å². The molecular formula is C17H25N3O3. The highest BCUT2D eigenvalue weighted by Crippen LogP contribution is 2.21. The molecule has 0 aliphatic carbocycles. The van der Waals surface area contributed by atoms with Crippen LogP contribution in [0.1, 0.15) is 44.0 Å². The van der Waals surface area contributed by atoms with Crippen LogP contribution >= 0.6 is 0 Å². The van der Waals surface area contributed by atoms with Crippen molar-refractivity contribution in [3.8, 4) is 0 Å². The van der Waals surface area contributed by atoms with Crippen molar-refractivity contribution in [2.45, 2.75) is 45.3 Å². The molecule has 1 atom stereocenters. The number of ether oxygens (including phenoxy) is 1. The summed E-state index contributed by atoms with van der Waals surface area (Å²) < 4.78 is 5.45. The van der Waals surface area contributed by atoms with Gasteiger partial charge in [-0.05, 0) is 51.8 Å². The summed E-state index contributed by atoms with van der Waals surface area (Å²) in [6, 6.07) is 7.13. The van der Waals surface area contributed by atoms with Crippen molar-refractivity contribution in [2.24, 2.45) is 5.73 Å². The van der Waals surface area contributed by atoms with Crippen molar-refractivity contribution in [1.82, 2.24) is 4.90 Å². The molecule has 1 fully saturated rings. The predicted octanol–water partition coefficient (Wildman–Crippen LogP) is 2.60. The Morgan fingerprint density at radius 1 is 1.39 bits per heavy atom. The molecule has 3 N–H and O–H groups in total. The average Bonchev–Trinajstić information content (AvgIpc) is 2.92. The molecule has 126 valence electrons. The standard InChI is InChI=1S/C17H25N3O3/c1-17(2,3)23-16(22)20-9-5-8-14(20)11-19-13-7-4-6-12(10-13)15(18)21/h4,6-7,10,14,19H,5,8-9,11H2,1-3H3,(H2,18,21). The molecule has 2 rings (SSSR count). The van der Waals surface area contributed by atoms with Crippen molar-refractivity contribution >= 4 is 17.7 Å². The molecule has 23 heavy (non-hydrogen) atoms. The molecule has 0 saturated carbocycles. The molecule has 0 bridgehead atoms. The first-order valence-corrected chi connectivity index (χ1v) is 7.89. The molecule has 0 aromatic heterocycles. The van der Waals surface area contributed by atoms with Gasteiger partial charge < -0.3 is 20.7 Å². The minimum Gasteiger partial charge on any atom is -0.444 e. The third kappa shape index (κ3) is 4.87. The first-order valence-electron chi connectivity index (χ1n) is 7.89. The van der Waals surface area contributed by atoms with Crippen LogP contribution < -0.4 is 11.1 Å². The molecule has 0 radical (unpaired) electrons. The number of nitrogens with one attached hydrogen (secondary N) is 1. The van der Waals surface area contributed by atoms with Gasteiger partial charge in [0, 0.05) is 24.3 Å². The lowest BCUT2D eigenvalue weighted by molar-refractivity contribution is 0.0235. The molecule has 1 saturated heterocycles. The Balaban J connectivity index is 1.95. The van der Waals surface area contributed by atoms with Gasteiger partial charge in [0.1, 0.15) is 5.60 Å². The first kappa shape index (κ1) is 17.1. The summed E-state index contributed by atoms with van der Waals surface area (Å²) in [6.07, 6.45) is 1.63. The quantitative estimate of drug-likeness (QED) is 0.893. The lowest BCUT2D eigenvalue weighted by Gasteiger charge is -2.29. The Morgan fingerprint density at radius 3 is 2.78 bits per heavy atom. The zero-order valence-corrected chi connectivity index (χ0v) is 14.0. The highest BCUT2D eigenvalue weighted by Gasteiger charge is 2.31. The molecular weight excluding hydrogens is 294 g/mol. The maximum atomic E-state index is 12.2. The van der Waals surface area contributed by atoms with Gasteiger partial charge >= 0.3 is 6.09 Å². The lowest BCUT2D eigenvalue weighted by atomic mass is 10.1. The number of primary amides is 1. The van der Waals surface area contributed by atoms with Crippen molar-refractivity contribution in [3.05, 3.63) is 29.8 Å². The van der Waals surface area contributed by atoms with Crippen molar-refractivity contribution in [3.63, 3.8) is 0 Å². The van der Waals surface area contributed by atoms with Gasteiger partial charge in [-0.3, -0.25) is 4.79 Å². The Hall–Kier alpha value is -2.24. The van der Waals surface area contributed by atoms with Crippen LogP contribution in [0.15, 0.2) is 24.3 Å². The van der Waals surface area contributed by atoms with Crippen LogP contribution in [-0.2, 0) is 4.74 Å². The second kappa shape index (κ2) is 6.89. The smallest absolute Gasteiger partial charge is 0.410 e. The van der Waals surface area contributed by atoms with Gasteiger partial charge in [0.05, 0.1) is 6.04 Å². The van der Waals surface area contributed by atoms with E-state index in [9.17, 15) is 9.59 Å². The topological polar surface area (TPSA) is 84.7 Å². The van der Waals surface area contributed by atoms with E-state index in [0.717, 1.165) is 18.5 Å². The van der Waals surface area contributed by atoms with E-state index in [0.29, 0.717) is 18.7 Å². The van der Waals surface area contributed by atoms with Gasteiger partial charge in [0.2, 0.25) is 5.91 Å². The molecule has 1 heterocycles. The van der Waals surface area contributed by atoms with Crippen LogP contribution in [0.2, 0.25) is 0 Å². The Morgan fingerprint density at radius 2 is 2.13 bits per heavy atom. The zero-order valence-electron chi connectivity index (χ0n) is 14.0. The number of nitrogens with two attached hydrogens (primary N) is 1. The van der Waals surface area contributed by atoms with E-state index in [1.165, 1.54) is 0 Å². The largest absolute Gasteiger partial charge is 0.444 e. The van der Waals surface area contributed by atoms with Crippen LogP contribution in [-0.4, -0.2) is 41.6 Å². The Labute approximate surface area is 137 Å². The van der Waals surface area contributed by atoms with E-state index in [4.69, 9.17) is 10.5 Å². The minimum absolute atomic E-state index is 0.0853. The summed E-state index contributed by atoms with van der Waals surface area (Å²) in [6.45, 7) is 6.92. The maximum Gasteiger partial charge on any atom is 0.410 e. The van der Waals surface area contributed by atoms with E-state index in [1.54, 1.807) is 23.1 Å². The van der Waals surface area contributed by atoms with E-state index >= 15 is 0 Å². The molecule has 1 aromatic carbocycles. The van der Waals surface area contributed by atoms with E-state index in [1.807, 2.05) is 26.8 Å². The molecule has 6 heteroatoms. The average molecular weight is 319 g/mol. The fraction of sp³-hybridized carbons (Fsp3) is 0.529. The number of likely N-dealkylation sites (tertiary alicyclic amines) is 1. The number of rotatable bonds is 4. The molecule has 0 spiro atoms. The van der Waals surface area contributed by atoms with Crippen LogP contribution in [0.3, 0.4) is 0 Å². The summed E-state index contributed by atoms with van der Waals surface area (Å²) in [5, 5.41) is 3.27. The van der Waals surface area contributed by atoms with Gasteiger partial charge in [-0.25, -0.2) is 4.79 Å². The summed E-state index contributed by atoms with van der Waals surface area (Å²) >= 11 is 0.